The minimum absolute atomic E-state index is 0.0461. The van der Waals surface area contributed by atoms with Gasteiger partial charge in [-0.3, -0.25) is 4.79 Å². The van der Waals surface area contributed by atoms with Crippen LogP contribution in [0.2, 0.25) is 0 Å². The van der Waals surface area contributed by atoms with Crippen LogP contribution in [0, 0.1) is 11.8 Å². The second kappa shape index (κ2) is 5.93. The van der Waals surface area contributed by atoms with Gasteiger partial charge in [0, 0.05) is 12.1 Å². The van der Waals surface area contributed by atoms with Crippen LogP contribution in [0.5, 0.6) is 0 Å². The van der Waals surface area contributed by atoms with Crippen molar-refractivity contribution in [2.75, 3.05) is 0 Å². The number of furan rings is 1. The molecule has 17 heavy (non-hydrogen) atoms. The van der Waals surface area contributed by atoms with Gasteiger partial charge in [0.05, 0.1) is 12.5 Å². The first-order valence-electron chi connectivity index (χ1n) is 5.32. The van der Waals surface area contributed by atoms with Gasteiger partial charge in [-0.15, -0.1) is 0 Å². The molecule has 0 bridgehead atoms. The molecule has 0 aliphatic rings. The lowest BCUT2D eigenvalue weighted by molar-refractivity contribution is -0.124. The van der Waals surface area contributed by atoms with Crippen molar-refractivity contribution in [2.45, 2.75) is 20.4 Å². The van der Waals surface area contributed by atoms with Gasteiger partial charge in [-0.05, 0) is 12.0 Å². The van der Waals surface area contributed by atoms with Crippen molar-refractivity contribution in [1.82, 2.24) is 5.32 Å². The Balaban J connectivity index is 2.60. The molecule has 1 aromatic rings. The third-order valence-corrected chi connectivity index (χ3v) is 2.43. The maximum atomic E-state index is 11.9. The standard InChI is InChI=1S/C11H17N3O3/c1-7(2)9(10(12)14-16)11(15)13-5-8-3-4-17-6-8/h3-4,6-7,9,16H,5H2,1-2H3,(H2,12,14)(H,13,15). The number of amidine groups is 1. The fourth-order valence-electron chi connectivity index (χ4n) is 1.53. The molecule has 0 aliphatic heterocycles. The Morgan fingerprint density at radius 1 is 1.65 bits per heavy atom. The molecule has 4 N–H and O–H groups in total. The number of nitrogens with two attached hydrogens (primary N) is 1. The van der Waals surface area contributed by atoms with Gasteiger partial charge in [0.2, 0.25) is 5.91 Å². The Bertz CT molecular complexity index is 385. The smallest absolute Gasteiger partial charge is 0.231 e. The fraction of sp³-hybridized carbons (Fsp3) is 0.455. The van der Waals surface area contributed by atoms with E-state index in [0.29, 0.717) is 6.54 Å². The van der Waals surface area contributed by atoms with E-state index < -0.39 is 5.92 Å². The quantitative estimate of drug-likeness (QED) is 0.308. The zero-order valence-electron chi connectivity index (χ0n) is 9.88. The molecular formula is C11H17N3O3. The highest BCUT2D eigenvalue weighted by molar-refractivity contribution is 6.02. The van der Waals surface area contributed by atoms with Crippen molar-refractivity contribution in [3.8, 4) is 0 Å². The average molecular weight is 239 g/mol. The fourth-order valence-corrected chi connectivity index (χ4v) is 1.53. The molecule has 0 radical (unpaired) electrons. The van der Waals surface area contributed by atoms with Crippen molar-refractivity contribution in [1.29, 1.82) is 0 Å². The van der Waals surface area contributed by atoms with Crippen LogP contribution >= 0.6 is 0 Å². The third kappa shape index (κ3) is 3.51. The van der Waals surface area contributed by atoms with Crippen LogP contribution in [0.25, 0.3) is 0 Å². The van der Waals surface area contributed by atoms with E-state index in [-0.39, 0.29) is 17.7 Å². The van der Waals surface area contributed by atoms with E-state index in [2.05, 4.69) is 10.5 Å². The van der Waals surface area contributed by atoms with Crippen molar-refractivity contribution >= 4 is 11.7 Å². The lowest BCUT2D eigenvalue weighted by atomic mass is 9.94. The minimum atomic E-state index is -0.632. The molecule has 6 nitrogen and oxygen atoms in total. The first kappa shape index (κ1) is 13.1. The normalized spacial score (nSPS) is 13.7. The maximum absolute atomic E-state index is 11.9. The predicted octanol–water partition coefficient (Wildman–Crippen LogP) is 0.914. The van der Waals surface area contributed by atoms with E-state index in [1.54, 1.807) is 12.3 Å². The molecule has 0 aromatic carbocycles. The molecule has 0 saturated carbocycles. The summed E-state index contributed by atoms with van der Waals surface area (Å²) in [5, 5.41) is 14.2. The van der Waals surface area contributed by atoms with Crippen molar-refractivity contribution in [2.24, 2.45) is 22.7 Å². The summed E-state index contributed by atoms with van der Waals surface area (Å²) in [6, 6.07) is 1.76. The Kier molecular flexibility index (Phi) is 4.56. The number of nitrogens with zero attached hydrogens (tertiary/aromatic N) is 1. The van der Waals surface area contributed by atoms with E-state index in [1.807, 2.05) is 13.8 Å². The number of amides is 1. The summed E-state index contributed by atoms with van der Waals surface area (Å²) in [6.45, 7) is 4.03. The highest BCUT2D eigenvalue weighted by Gasteiger charge is 2.26. The molecular weight excluding hydrogens is 222 g/mol. The number of carbonyl (C=O) groups excluding carboxylic acids is 1. The first-order valence-corrected chi connectivity index (χ1v) is 5.32. The molecule has 0 spiro atoms. The van der Waals surface area contributed by atoms with Crippen LogP contribution < -0.4 is 11.1 Å². The zero-order valence-corrected chi connectivity index (χ0v) is 9.88. The van der Waals surface area contributed by atoms with Gasteiger partial charge < -0.3 is 20.7 Å². The minimum Gasteiger partial charge on any atom is -0.472 e. The monoisotopic (exact) mass is 239 g/mol. The summed E-state index contributed by atoms with van der Waals surface area (Å²) >= 11 is 0. The van der Waals surface area contributed by atoms with Crippen LogP contribution in [0.3, 0.4) is 0 Å². The summed E-state index contributed by atoms with van der Waals surface area (Å²) in [5.41, 5.74) is 6.35. The van der Waals surface area contributed by atoms with E-state index in [0.717, 1.165) is 5.56 Å². The molecule has 94 valence electrons. The maximum Gasteiger partial charge on any atom is 0.231 e. The van der Waals surface area contributed by atoms with Crippen LogP contribution in [-0.4, -0.2) is 17.0 Å². The van der Waals surface area contributed by atoms with Crippen molar-refractivity contribution < 1.29 is 14.4 Å². The Morgan fingerprint density at radius 3 is 2.82 bits per heavy atom. The lowest BCUT2D eigenvalue weighted by Gasteiger charge is -2.18. The number of carbonyl (C=O) groups is 1. The number of oxime groups is 1. The Morgan fingerprint density at radius 2 is 2.35 bits per heavy atom. The Hall–Kier alpha value is -1.98. The number of hydrogen-bond donors (Lipinski definition) is 3. The average Bonchev–Trinajstić information content (AvgIpc) is 2.78. The van der Waals surface area contributed by atoms with Gasteiger partial charge in [0.25, 0.3) is 0 Å². The molecule has 6 heteroatoms. The third-order valence-electron chi connectivity index (χ3n) is 2.43. The van der Waals surface area contributed by atoms with Gasteiger partial charge in [0.15, 0.2) is 5.84 Å². The van der Waals surface area contributed by atoms with Crippen LogP contribution in [0.15, 0.2) is 28.2 Å². The number of rotatable bonds is 5. The van der Waals surface area contributed by atoms with Crippen LogP contribution in [0.4, 0.5) is 0 Å². The van der Waals surface area contributed by atoms with Crippen molar-refractivity contribution in [3.05, 3.63) is 24.2 Å². The summed E-state index contributed by atoms with van der Waals surface area (Å²) in [7, 11) is 0. The SMILES string of the molecule is CC(C)C(C(=O)NCc1ccoc1)/C(N)=N/O. The Labute approximate surface area is 99.5 Å². The summed E-state index contributed by atoms with van der Waals surface area (Å²) in [5.74, 6) is -1.02. The van der Waals surface area contributed by atoms with Crippen LogP contribution in [-0.2, 0) is 11.3 Å². The molecule has 0 saturated heterocycles. The second-order valence-corrected chi connectivity index (χ2v) is 4.10. The predicted molar refractivity (Wildman–Crippen MR) is 62.3 cm³/mol. The molecule has 0 fully saturated rings. The highest BCUT2D eigenvalue weighted by atomic mass is 16.4. The van der Waals surface area contributed by atoms with E-state index in [1.165, 1.54) is 6.26 Å². The van der Waals surface area contributed by atoms with E-state index in [9.17, 15) is 4.79 Å². The molecule has 1 aromatic heterocycles. The van der Waals surface area contributed by atoms with Gasteiger partial charge in [0.1, 0.15) is 5.92 Å². The summed E-state index contributed by atoms with van der Waals surface area (Å²) in [4.78, 5) is 11.9. The van der Waals surface area contributed by atoms with E-state index >= 15 is 0 Å². The van der Waals surface area contributed by atoms with Gasteiger partial charge in [-0.1, -0.05) is 19.0 Å². The molecule has 1 unspecified atom stereocenters. The molecule has 0 aliphatic carbocycles. The molecule has 1 atom stereocenters. The molecule has 1 amide bonds. The molecule has 1 rings (SSSR count). The zero-order chi connectivity index (χ0) is 12.8. The largest absolute Gasteiger partial charge is 0.472 e. The summed E-state index contributed by atoms with van der Waals surface area (Å²) < 4.78 is 4.88. The number of hydrogen-bond acceptors (Lipinski definition) is 4. The summed E-state index contributed by atoms with van der Waals surface area (Å²) in [6.07, 6.45) is 3.08. The van der Waals surface area contributed by atoms with Crippen LogP contribution in [0.1, 0.15) is 19.4 Å². The highest BCUT2D eigenvalue weighted by Crippen LogP contribution is 2.11. The van der Waals surface area contributed by atoms with Crippen molar-refractivity contribution in [3.63, 3.8) is 0 Å². The van der Waals surface area contributed by atoms with Gasteiger partial charge in [-0.2, -0.15) is 0 Å². The first-order chi connectivity index (χ1) is 8.06. The molecule has 1 heterocycles. The second-order valence-electron chi connectivity index (χ2n) is 4.10. The topological polar surface area (TPSA) is 101 Å². The number of nitrogens with one attached hydrogen (secondary N) is 1. The lowest BCUT2D eigenvalue weighted by Crippen LogP contribution is -2.41. The van der Waals surface area contributed by atoms with Gasteiger partial charge in [-0.25, -0.2) is 0 Å². The van der Waals surface area contributed by atoms with E-state index in [4.69, 9.17) is 15.4 Å². The van der Waals surface area contributed by atoms with Gasteiger partial charge >= 0.3 is 0 Å².